The molecule has 2 rings (SSSR count). The van der Waals surface area contributed by atoms with Gasteiger partial charge in [-0.1, -0.05) is 40.9 Å². The summed E-state index contributed by atoms with van der Waals surface area (Å²) in [5, 5.41) is 1.26. The number of aromatic nitrogens is 1. The first-order valence-electron chi connectivity index (χ1n) is 5.30. The SMILES string of the molecule is NNc1ccc(Cl)c(COc2cccc(Cl)c2Cl)n1. The summed E-state index contributed by atoms with van der Waals surface area (Å²) in [4.78, 5) is 4.19. The third-order valence-electron chi connectivity index (χ3n) is 2.35. The Labute approximate surface area is 125 Å². The second-order valence-corrected chi connectivity index (χ2v) is 4.80. The van der Waals surface area contributed by atoms with Crippen molar-refractivity contribution in [2.45, 2.75) is 6.61 Å². The molecule has 0 saturated carbocycles. The van der Waals surface area contributed by atoms with Gasteiger partial charge in [0.25, 0.3) is 0 Å². The van der Waals surface area contributed by atoms with Crippen molar-refractivity contribution in [3.05, 3.63) is 51.1 Å². The number of nitrogens with zero attached hydrogens (tertiary/aromatic N) is 1. The van der Waals surface area contributed by atoms with Crippen LogP contribution in [0.3, 0.4) is 0 Å². The average molecular weight is 319 g/mol. The molecule has 1 heterocycles. The first kappa shape index (κ1) is 14.2. The lowest BCUT2D eigenvalue weighted by Gasteiger charge is -2.10. The minimum Gasteiger partial charge on any atom is -0.486 e. The summed E-state index contributed by atoms with van der Waals surface area (Å²) in [5.74, 6) is 6.26. The Bertz CT molecular complexity index is 592. The molecule has 4 nitrogen and oxygen atoms in total. The van der Waals surface area contributed by atoms with E-state index in [2.05, 4.69) is 10.4 Å². The van der Waals surface area contributed by atoms with Gasteiger partial charge in [0.2, 0.25) is 0 Å². The highest BCUT2D eigenvalue weighted by molar-refractivity contribution is 6.42. The minimum atomic E-state index is 0.161. The fraction of sp³-hybridized carbons (Fsp3) is 0.0833. The summed E-state index contributed by atoms with van der Waals surface area (Å²) in [6.07, 6.45) is 0. The molecule has 0 aliphatic heterocycles. The zero-order valence-electron chi connectivity index (χ0n) is 9.66. The normalized spacial score (nSPS) is 10.3. The Morgan fingerprint density at radius 3 is 2.63 bits per heavy atom. The molecule has 0 unspecified atom stereocenters. The van der Waals surface area contributed by atoms with Crippen LogP contribution in [0.4, 0.5) is 5.82 Å². The molecule has 0 bridgehead atoms. The third-order valence-corrected chi connectivity index (χ3v) is 3.49. The Hall–Kier alpha value is -1.20. The van der Waals surface area contributed by atoms with Gasteiger partial charge in [-0.25, -0.2) is 10.8 Å². The molecule has 3 N–H and O–H groups in total. The third kappa shape index (κ3) is 3.42. The molecule has 0 atom stereocenters. The molecule has 7 heteroatoms. The van der Waals surface area contributed by atoms with E-state index in [4.69, 9.17) is 45.4 Å². The van der Waals surface area contributed by atoms with E-state index in [0.29, 0.717) is 32.3 Å². The van der Waals surface area contributed by atoms with Crippen molar-refractivity contribution >= 4 is 40.6 Å². The number of hydrogen-bond donors (Lipinski definition) is 2. The molecule has 0 saturated heterocycles. The van der Waals surface area contributed by atoms with Crippen LogP contribution in [0.25, 0.3) is 0 Å². The number of anilines is 1. The summed E-state index contributed by atoms with van der Waals surface area (Å²) in [6, 6.07) is 8.49. The number of benzene rings is 1. The van der Waals surface area contributed by atoms with E-state index in [0.717, 1.165) is 0 Å². The number of pyridine rings is 1. The van der Waals surface area contributed by atoms with Crippen LogP contribution in [-0.2, 0) is 6.61 Å². The van der Waals surface area contributed by atoms with Crippen molar-refractivity contribution in [1.82, 2.24) is 4.98 Å². The van der Waals surface area contributed by atoms with Gasteiger partial charge in [0.1, 0.15) is 23.2 Å². The Morgan fingerprint density at radius 1 is 1.11 bits per heavy atom. The topological polar surface area (TPSA) is 60.2 Å². The van der Waals surface area contributed by atoms with Crippen molar-refractivity contribution in [1.29, 1.82) is 0 Å². The van der Waals surface area contributed by atoms with Crippen LogP contribution >= 0.6 is 34.8 Å². The molecule has 2 aromatic rings. The van der Waals surface area contributed by atoms with Crippen LogP contribution in [0, 0.1) is 0 Å². The van der Waals surface area contributed by atoms with E-state index in [1.165, 1.54) is 0 Å². The van der Waals surface area contributed by atoms with Gasteiger partial charge in [0.05, 0.1) is 15.7 Å². The van der Waals surface area contributed by atoms with E-state index in [1.54, 1.807) is 30.3 Å². The lowest BCUT2D eigenvalue weighted by molar-refractivity contribution is 0.302. The molecular weight excluding hydrogens is 309 g/mol. The Kier molecular flexibility index (Phi) is 4.71. The zero-order chi connectivity index (χ0) is 13.8. The number of nitrogens with one attached hydrogen (secondary N) is 1. The highest BCUT2D eigenvalue weighted by Gasteiger charge is 2.08. The molecule has 1 aromatic carbocycles. The summed E-state index contributed by atoms with van der Waals surface area (Å²) in [6.45, 7) is 0.161. The van der Waals surface area contributed by atoms with Gasteiger partial charge in [-0.05, 0) is 24.3 Å². The van der Waals surface area contributed by atoms with Crippen LogP contribution in [0.1, 0.15) is 5.69 Å². The lowest BCUT2D eigenvalue weighted by Crippen LogP contribution is -2.10. The largest absolute Gasteiger partial charge is 0.486 e. The molecule has 0 aliphatic carbocycles. The van der Waals surface area contributed by atoms with E-state index in [-0.39, 0.29) is 6.61 Å². The van der Waals surface area contributed by atoms with Gasteiger partial charge in [-0.2, -0.15) is 0 Å². The highest BCUT2D eigenvalue weighted by Crippen LogP contribution is 2.32. The standard InChI is InChI=1S/C12H10Cl3N3O/c13-7-4-5-11(18-16)17-9(7)6-19-10-3-1-2-8(14)12(10)15/h1-5H,6,16H2,(H,17,18). The van der Waals surface area contributed by atoms with Crippen molar-refractivity contribution in [3.8, 4) is 5.75 Å². The predicted molar refractivity (Wildman–Crippen MR) is 77.9 cm³/mol. The van der Waals surface area contributed by atoms with Crippen molar-refractivity contribution in [3.63, 3.8) is 0 Å². The number of hydrazine groups is 1. The first-order valence-corrected chi connectivity index (χ1v) is 6.44. The van der Waals surface area contributed by atoms with Crippen molar-refractivity contribution < 1.29 is 4.74 Å². The molecule has 19 heavy (non-hydrogen) atoms. The second-order valence-electron chi connectivity index (χ2n) is 3.61. The van der Waals surface area contributed by atoms with E-state index < -0.39 is 0 Å². The van der Waals surface area contributed by atoms with Crippen LogP contribution < -0.4 is 16.0 Å². The van der Waals surface area contributed by atoms with Gasteiger partial charge in [-0.3, -0.25) is 0 Å². The van der Waals surface area contributed by atoms with Crippen LogP contribution in [-0.4, -0.2) is 4.98 Å². The minimum absolute atomic E-state index is 0.161. The number of nitrogens with two attached hydrogens (primary N) is 1. The maximum absolute atomic E-state index is 6.02. The van der Waals surface area contributed by atoms with Gasteiger partial charge >= 0.3 is 0 Å². The molecule has 0 fully saturated rings. The van der Waals surface area contributed by atoms with Gasteiger partial charge < -0.3 is 10.2 Å². The monoisotopic (exact) mass is 317 g/mol. The van der Waals surface area contributed by atoms with Crippen LogP contribution in [0.5, 0.6) is 5.75 Å². The molecule has 0 amide bonds. The number of nitrogen functional groups attached to an aromatic ring is 1. The van der Waals surface area contributed by atoms with Crippen LogP contribution in [0.15, 0.2) is 30.3 Å². The number of ether oxygens (including phenoxy) is 1. The Balaban J connectivity index is 2.16. The zero-order valence-corrected chi connectivity index (χ0v) is 11.9. The van der Waals surface area contributed by atoms with E-state index in [1.807, 2.05) is 0 Å². The molecule has 0 spiro atoms. The number of halogens is 3. The predicted octanol–water partition coefficient (Wildman–Crippen LogP) is 3.91. The van der Waals surface area contributed by atoms with Crippen molar-refractivity contribution in [2.24, 2.45) is 5.84 Å². The summed E-state index contributed by atoms with van der Waals surface area (Å²) in [7, 11) is 0. The lowest BCUT2D eigenvalue weighted by atomic mass is 10.3. The fourth-order valence-electron chi connectivity index (χ4n) is 1.41. The van der Waals surface area contributed by atoms with Crippen molar-refractivity contribution in [2.75, 3.05) is 5.43 Å². The molecule has 0 radical (unpaired) electrons. The van der Waals surface area contributed by atoms with Gasteiger partial charge in [0, 0.05) is 0 Å². The second kappa shape index (κ2) is 6.30. The van der Waals surface area contributed by atoms with E-state index >= 15 is 0 Å². The highest BCUT2D eigenvalue weighted by atomic mass is 35.5. The fourth-order valence-corrected chi connectivity index (χ4v) is 1.91. The maximum atomic E-state index is 6.02. The maximum Gasteiger partial charge on any atom is 0.140 e. The van der Waals surface area contributed by atoms with E-state index in [9.17, 15) is 0 Å². The van der Waals surface area contributed by atoms with Crippen LogP contribution in [0.2, 0.25) is 15.1 Å². The summed E-state index contributed by atoms with van der Waals surface area (Å²) >= 11 is 17.9. The number of rotatable bonds is 4. The number of hydrogen-bond acceptors (Lipinski definition) is 4. The Morgan fingerprint density at radius 2 is 1.89 bits per heavy atom. The molecule has 1 aromatic heterocycles. The average Bonchev–Trinajstić information content (AvgIpc) is 2.42. The summed E-state index contributed by atoms with van der Waals surface area (Å²) < 4.78 is 5.55. The molecule has 100 valence electrons. The molecular formula is C12H10Cl3N3O. The summed E-state index contributed by atoms with van der Waals surface area (Å²) in [5.41, 5.74) is 2.99. The molecule has 0 aliphatic rings. The quantitative estimate of drug-likeness (QED) is 0.663. The smallest absolute Gasteiger partial charge is 0.140 e. The van der Waals surface area contributed by atoms with Gasteiger partial charge in [0.15, 0.2) is 0 Å². The first-order chi connectivity index (χ1) is 9.11. The van der Waals surface area contributed by atoms with Gasteiger partial charge in [-0.15, -0.1) is 0 Å².